The van der Waals surface area contributed by atoms with Gasteiger partial charge in [0.15, 0.2) is 28.8 Å². The van der Waals surface area contributed by atoms with Crippen LogP contribution in [0, 0.1) is 0 Å². The molecule has 0 amide bonds. The van der Waals surface area contributed by atoms with Gasteiger partial charge in [0.2, 0.25) is 5.75 Å². The Bertz CT molecular complexity index is 1330. The van der Waals surface area contributed by atoms with Crippen molar-refractivity contribution in [1.82, 2.24) is 0 Å². The SMILES string of the molecule is COc1ccc(C(=O)/C=C\Nc2cc(/C=C\c3cc(OC)c(OC)c(OC)c3)cc(OC)c2OC)cc1Cl. The van der Waals surface area contributed by atoms with Gasteiger partial charge >= 0.3 is 0 Å². The van der Waals surface area contributed by atoms with Crippen molar-refractivity contribution in [3.05, 3.63) is 76.5 Å². The molecule has 0 radical (unpaired) electrons. The zero-order valence-electron chi connectivity index (χ0n) is 22.1. The third-order valence-electron chi connectivity index (χ3n) is 5.57. The van der Waals surface area contributed by atoms with E-state index in [1.807, 2.05) is 36.4 Å². The summed E-state index contributed by atoms with van der Waals surface area (Å²) in [5.41, 5.74) is 2.70. The minimum Gasteiger partial charge on any atom is -0.495 e. The largest absolute Gasteiger partial charge is 0.495 e. The van der Waals surface area contributed by atoms with Crippen LogP contribution in [0.5, 0.6) is 34.5 Å². The van der Waals surface area contributed by atoms with Crippen LogP contribution in [-0.4, -0.2) is 48.4 Å². The molecule has 3 rings (SSSR count). The van der Waals surface area contributed by atoms with Crippen LogP contribution in [0.2, 0.25) is 5.02 Å². The van der Waals surface area contributed by atoms with E-state index >= 15 is 0 Å². The first-order chi connectivity index (χ1) is 18.4. The monoisotopic (exact) mass is 539 g/mol. The maximum Gasteiger partial charge on any atom is 0.203 e. The van der Waals surface area contributed by atoms with Crippen molar-refractivity contribution in [2.75, 3.05) is 48.0 Å². The van der Waals surface area contributed by atoms with Gasteiger partial charge in [0.05, 0.1) is 53.4 Å². The van der Waals surface area contributed by atoms with Gasteiger partial charge in [0.1, 0.15) is 5.75 Å². The Balaban J connectivity index is 1.88. The Hall–Kier alpha value is -4.30. The summed E-state index contributed by atoms with van der Waals surface area (Å²) in [4.78, 5) is 12.6. The molecular weight excluding hydrogens is 510 g/mol. The highest BCUT2D eigenvalue weighted by atomic mass is 35.5. The average Bonchev–Trinajstić information content (AvgIpc) is 2.94. The fourth-order valence-corrected chi connectivity index (χ4v) is 3.96. The van der Waals surface area contributed by atoms with Crippen LogP contribution >= 0.6 is 11.6 Å². The highest BCUT2D eigenvalue weighted by molar-refractivity contribution is 6.32. The van der Waals surface area contributed by atoms with Crippen molar-refractivity contribution in [2.45, 2.75) is 0 Å². The standard InChI is InChI=1S/C29H30ClNO7/c1-33-24-10-9-20(17-21(24)30)23(32)11-12-31-22-13-18(14-25(34-2)28(22)37-5)7-8-19-15-26(35-3)29(38-6)27(16-19)36-4/h7-17,31H,1-6H3/b8-7-,12-11-. The molecule has 3 aromatic carbocycles. The van der Waals surface area contributed by atoms with Crippen molar-refractivity contribution in [2.24, 2.45) is 0 Å². The molecular formula is C29H30ClNO7. The summed E-state index contributed by atoms with van der Waals surface area (Å²) in [6, 6.07) is 12.3. The molecule has 9 heteroatoms. The van der Waals surface area contributed by atoms with E-state index in [0.29, 0.717) is 50.8 Å². The number of benzene rings is 3. The number of hydrogen-bond acceptors (Lipinski definition) is 8. The summed E-state index contributed by atoms with van der Waals surface area (Å²) in [7, 11) is 9.31. The smallest absolute Gasteiger partial charge is 0.203 e. The minimum absolute atomic E-state index is 0.230. The Kier molecular flexibility index (Phi) is 9.90. The van der Waals surface area contributed by atoms with E-state index in [9.17, 15) is 4.79 Å². The lowest BCUT2D eigenvalue weighted by Crippen LogP contribution is -2.00. The van der Waals surface area contributed by atoms with E-state index in [0.717, 1.165) is 11.1 Å². The van der Waals surface area contributed by atoms with Gasteiger partial charge in [-0.05, 0) is 53.6 Å². The summed E-state index contributed by atoms with van der Waals surface area (Å²) in [5, 5.41) is 3.47. The van der Waals surface area contributed by atoms with Gasteiger partial charge in [-0.1, -0.05) is 23.8 Å². The molecule has 8 nitrogen and oxygen atoms in total. The molecule has 0 unspecified atom stereocenters. The van der Waals surface area contributed by atoms with Crippen LogP contribution < -0.4 is 33.7 Å². The van der Waals surface area contributed by atoms with Gasteiger partial charge in [0.25, 0.3) is 0 Å². The molecule has 0 aliphatic rings. The fourth-order valence-electron chi connectivity index (χ4n) is 3.70. The second kappa shape index (κ2) is 13.3. The Morgan fingerprint density at radius 1 is 0.684 bits per heavy atom. The number of nitrogens with one attached hydrogen (secondary N) is 1. The Morgan fingerprint density at radius 2 is 1.21 bits per heavy atom. The van der Waals surface area contributed by atoms with Gasteiger partial charge in [-0.3, -0.25) is 4.79 Å². The molecule has 0 aliphatic heterocycles. The molecule has 0 saturated heterocycles. The predicted molar refractivity (Wildman–Crippen MR) is 150 cm³/mol. The first kappa shape index (κ1) is 28.3. The lowest BCUT2D eigenvalue weighted by atomic mass is 10.1. The van der Waals surface area contributed by atoms with Crippen LogP contribution in [0.3, 0.4) is 0 Å². The lowest BCUT2D eigenvalue weighted by Gasteiger charge is -2.14. The van der Waals surface area contributed by atoms with Crippen LogP contribution in [0.25, 0.3) is 12.2 Å². The molecule has 0 bridgehead atoms. The topological polar surface area (TPSA) is 84.5 Å². The van der Waals surface area contributed by atoms with E-state index in [2.05, 4.69) is 5.32 Å². The number of methoxy groups -OCH3 is 6. The van der Waals surface area contributed by atoms with E-state index < -0.39 is 0 Å². The van der Waals surface area contributed by atoms with Gasteiger partial charge in [-0.15, -0.1) is 0 Å². The predicted octanol–water partition coefficient (Wildman–Crippen LogP) is 6.37. The summed E-state index contributed by atoms with van der Waals surface area (Å²) < 4.78 is 32.5. The first-order valence-corrected chi connectivity index (χ1v) is 11.8. The normalized spacial score (nSPS) is 10.9. The number of hydrogen-bond donors (Lipinski definition) is 1. The third-order valence-corrected chi connectivity index (χ3v) is 5.86. The van der Waals surface area contributed by atoms with E-state index in [4.69, 9.17) is 40.0 Å². The number of halogens is 1. The summed E-state index contributed by atoms with van der Waals surface area (Å²) in [6.45, 7) is 0. The second-order valence-corrected chi connectivity index (χ2v) is 8.19. The Morgan fingerprint density at radius 3 is 1.71 bits per heavy atom. The van der Waals surface area contributed by atoms with Gasteiger partial charge in [-0.25, -0.2) is 0 Å². The highest BCUT2D eigenvalue weighted by Crippen LogP contribution is 2.40. The third kappa shape index (κ3) is 6.52. The van der Waals surface area contributed by atoms with Gasteiger partial charge < -0.3 is 33.7 Å². The molecule has 3 aromatic rings. The molecule has 0 atom stereocenters. The zero-order chi connectivity index (χ0) is 27.7. The van der Waals surface area contributed by atoms with Crippen LogP contribution in [0.4, 0.5) is 5.69 Å². The molecule has 0 heterocycles. The van der Waals surface area contributed by atoms with Crippen molar-refractivity contribution in [3.63, 3.8) is 0 Å². The summed E-state index contributed by atoms with van der Waals surface area (Å²) >= 11 is 6.14. The first-order valence-electron chi connectivity index (χ1n) is 11.4. The van der Waals surface area contributed by atoms with Crippen LogP contribution in [0.15, 0.2) is 54.7 Å². The van der Waals surface area contributed by atoms with Crippen molar-refractivity contribution in [3.8, 4) is 34.5 Å². The number of ketones is 1. The number of carbonyl (C=O) groups is 1. The molecule has 200 valence electrons. The molecule has 0 aliphatic carbocycles. The molecule has 0 spiro atoms. The van der Waals surface area contributed by atoms with E-state index in [1.54, 1.807) is 53.7 Å². The Labute approximate surface area is 227 Å². The van der Waals surface area contributed by atoms with Gasteiger partial charge in [-0.2, -0.15) is 0 Å². The van der Waals surface area contributed by atoms with Crippen molar-refractivity contribution in [1.29, 1.82) is 0 Å². The van der Waals surface area contributed by atoms with Gasteiger partial charge in [0, 0.05) is 17.8 Å². The number of carbonyl (C=O) groups excluding carboxylic acids is 1. The molecule has 0 saturated carbocycles. The van der Waals surface area contributed by atoms with Crippen LogP contribution in [-0.2, 0) is 0 Å². The van der Waals surface area contributed by atoms with Crippen LogP contribution in [0.1, 0.15) is 21.5 Å². The molecule has 0 aromatic heterocycles. The number of ether oxygens (including phenoxy) is 6. The quantitative estimate of drug-likeness (QED) is 0.161. The maximum absolute atomic E-state index is 12.6. The maximum atomic E-state index is 12.6. The minimum atomic E-state index is -0.230. The second-order valence-electron chi connectivity index (χ2n) is 7.79. The van der Waals surface area contributed by atoms with Crippen molar-refractivity contribution >= 4 is 35.2 Å². The zero-order valence-corrected chi connectivity index (χ0v) is 22.8. The van der Waals surface area contributed by atoms with E-state index in [-0.39, 0.29) is 5.78 Å². The van der Waals surface area contributed by atoms with E-state index in [1.165, 1.54) is 19.4 Å². The lowest BCUT2D eigenvalue weighted by molar-refractivity contribution is 0.104. The number of anilines is 1. The fraction of sp³-hybridized carbons (Fsp3) is 0.207. The average molecular weight is 540 g/mol. The molecule has 0 fully saturated rings. The summed E-state index contributed by atoms with van der Waals surface area (Å²) in [6.07, 6.45) is 6.75. The molecule has 38 heavy (non-hydrogen) atoms. The number of allylic oxidation sites excluding steroid dienone is 1. The summed E-state index contributed by atoms with van der Waals surface area (Å²) in [5.74, 6) is 2.89. The number of rotatable bonds is 12. The van der Waals surface area contributed by atoms with Crippen molar-refractivity contribution < 1.29 is 33.2 Å². The molecule has 1 N–H and O–H groups in total. The highest BCUT2D eigenvalue weighted by Gasteiger charge is 2.14.